The SMILES string of the molecule is O=C(O)c1nc(CN2CCNCC2)n2ccc(O)cc12. The van der Waals surface area contributed by atoms with Crippen molar-refractivity contribution in [1.29, 1.82) is 0 Å². The van der Waals surface area contributed by atoms with Gasteiger partial charge in [0.2, 0.25) is 0 Å². The maximum absolute atomic E-state index is 11.3. The summed E-state index contributed by atoms with van der Waals surface area (Å²) in [6.45, 7) is 4.28. The van der Waals surface area contributed by atoms with Crippen molar-refractivity contribution in [2.45, 2.75) is 6.54 Å². The predicted octanol–water partition coefficient (Wildman–Crippen LogP) is 0.143. The third-order valence-corrected chi connectivity index (χ3v) is 3.48. The van der Waals surface area contributed by atoms with Gasteiger partial charge in [-0.1, -0.05) is 0 Å². The van der Waals surface area contributed by atoms with Crippen LogP contribution in [0.25, 0.3) is 5.52 Å². The molecule has 106 valence electrons. The lowest BCUT2D eigenvalue weighted by molar-refractivity contribution is 0.0693. The lowest BCUT2D eigenvalue weighted by Crippen LogP contribution is -2.43. The molecule has 0 atom stereocenters. The molecule has 1 aliphatic rings. The fourth-order valence-electron chi connectivity index (χ4n) is 2.47. The minimum absolute atomic E-state index is 0.0222. The van der Waals surface area contributed by atoms with Crippen molar-refractivity contribution in [1.82, 2.24) is 19.6 Å². The third-order valence-electron chi connectivity index (χ3n) is 3.48. The topological polar surface area (TPSA) is 90.1 Å². The summed E-state index contributed by atoms with van der Waals surface area (Å²) in [7, 11) is 0. The van der Waals surface area contributed by atoms with E-state index < -0.39 is 5.97 Å². The summed E-state index contributed by atoms with van der Waals surface area (Å²) < 4.78 is 1.73. The Kier molecular flexibility index (Phi) is 3.29. The van der Waals surface area contributed by atoms with Crippen LogP contribution in [0.1, 0.15) is 16.3 Å². The molecule has 0 saturated carbocycles. The number of hydrogen-bond acceptors (Lipinski definition) is 5. The minimum Gasteiger partial charge on any atom is -0.508 e. The summed E-state index contributed by atoms with van der Waals surface area (Å²) in [5.74, 6) is -0.368. The number of piperazine rings is 1. The van der Waals surface area contributed by atoms with Crippen LogP contribution in [0, 0.1) is 0 Å². The van der Waals surface area contributed by atoms with E-state index in [1.807, 2.05) is 0 Å². The van der Waals surface area contributed by atoms with E-state index in [0.717, 1.165) is 26.2 Å². The van der Waals surface area contributed by atoms with Gasteiger partial charge in [-0.25, -0.2) is 9.78 Å². The monoisotopic (exact) mass is 276 g/mol. The Hall–Kier alpha value is -2.12. The molecule has 7 heteroatoms. The highest BCUT2D eigenvalue weighted by atomic mass is 16.4. The predicted molar refractivity (Wildman–Crippen MR) is 72.0 cm³/mol. The number of nitrogens with zero attached hydrogens (tertiary/aromatic N) is 3. The summed E-state index contributed by atoms with van der Waals surface area (Å²) >= 11 is 0. The summed E-state index contributed by atoms with van der Waals surface area (Å²) in [6, 6.07) is 2.96. The Morgan fingerprint density at radius 2 is 2.15 bits per heavy atom. The van der Waals surface area contributed by atoms with Gasteiger partial charge in [0.05, 0.1) is 12.1 Å². The number of rotatable bonds is 3. The second-order valence-electron chi connectivity index (χ2n) is 4.85. The molecule has 7 nitrogen and oxygen atoms in total. The molecule has 1 aliphatic heterocycles. The average Bonchev–Trinajstić information content (AvgIpc) is 2.78. The fourth-order valence-corrected chi connectivity index (χ4v) is 2.47. The zero-order valence-corrected chi connectivity index (χ0v) is 10.9. The first kappa shape index (κ1) is 12.9. The first-order valence-electron chi connectivity index (χ1n) is 6.51. The van der Waals surface area contributed by atoms with Crippen molar-refractivity contribution >= 4 is 11.5 Å². The molecule has 0 bridgehead atoms. The molecule has 0 radical (unpaired) electrons. The van der Waals surface area contributed by atoms with Gasteiger partial charge >= 0.3 is 5.97 Å². The standard InChI is InChI=1S/C13H16N4O3/c18-9-1-4-17-10(7-9)12(13(19)20)15-11(17)8-16-5-2-14-3-6-16/h1,4,7,14,18H,2-3,5-6,8H2,(H,19,20). The lowest BCUT2D eigenvalue weighted by Gasteiger charge is -2.26. The molecule has 3 heterocycles. The second-order valence-corrected chi connectivity index (χ2v) is 4.85. The van der Waals surface area contributed by atoms with Crippen molar-refractivity contribution < 1.29 is 15.0 Å². The van der Waals surface area contributed by atoms with E-state index in [0.29, 0.717) is 17.9 Å². The number of fused-ring (bicyclic) bond motifs is 1. The molecule has 20 heavy (non-hydrogen) atoms. The Bertz CT molecular complexity index is 646. The van der Waals surface area contributed by atoms with Crippen LogP contribution in [0.5, 0.6) is 5.75 Å². The number of carbonyl (C=O) groups is 1. The van der Waals surface area contributed by atoms with Gasteiger partial charge in [0.1, 0.15) is 11.6 Å². The van der Waals surface area contributed by atoms with E-state index >= 15 is 0 Å². The molecule has 3 N–H and O–H groups in total. The van der Waals surface area contributed by atoms with Crippen LogP contribution >= 0.6 is 0 Å². The maximum Gasteiger partial charge on any atom is 0.356 e. The van der Waals surface area contributed by atoms with Crippen molar-refractivity contribution in [3.63, 3.8) is 0 Å². The summed E-state index contributed by atoms with van der Waals surface area (Å²) in [5, 5.41) is 22.0. The average molecular weight is 276 g/mol. The number of aromatic carboxylic acids is 1. The van der Waals surface area contributed by atoms with E-state index in [1.165, 1.54) is 12.1 Å². The van der Waals surface area contributed by atoms with Crippen LogP contribution in [0.3, 0.4) is 0 Å². The van der Waals surface area contributed by atoms with Crippen molar-refractivity contribution in [2.75, 3.05) is 26.2 Å². The lowest BCUT2D eigenvalue weighted by atomic mass is 10.3. The van der Waals surface area contributed by atoms with Crippen LogP contribution in [0.4, 0.5) is 0 Å². The zero-order valence-electron chi connectivity index (χ0n) is 10.9. The van der Waals surface area contributed by atoms with E-state index in [1.54, 1.807) is 10.6 Å². The Morgan fingerprint density at radius 1 is 1.40 bits per heavy atom. The first-order valence-corrected chi connectivity index (χ1v) is 6.51. The molecule has 1 fully saturated rings. The molecule has 0 aromatic carbocycles. The second kappa shape index (κ2) is 5.10. The number of aromatic nitrogens is 2. The molecule has 2 aromatic heterocycles. The Morgan fingerprint density at radius 3 is 2.85 bits per heavy atom. The largest absolute Gasteiger partial charge is 0.508 e. The van der Waals surface area contributed by atoms with Gasteiger partial charge in [0.15, 0.2) is 5.69 Å². The number of imidazole rings is 1. The smallest absolute Gasteiger partial charge is 0.356 e. The van der Waals surface area contributed by atoms with Crippen LogP contribution < -0.4 is 5.32 Å². The highest BCUT2D eigenvalue weighted by Crippen LogP contribution is 2.19. The number of carboxylic acids is 1. The van der Waals surface area contributed by atoms with Crippen LogP contribution in [0.2, 0.25) is 0 Å². The summed E-state index contributed by atoms with van der Waals surface area (Å²) in [4.78, 5) is 17.7. The van der Waals surface area contributed by atoms with E-state index in [9.17, 15) is 15.0 Å². The Balaban J connectivity index is 1.99. The maximum atomic E-state index is 11.3. The molecule has 1 saturated heterocycles. The van der Waals surface area contributed by atoms with E-state index in [2.05, 4.69) is 15.2 Å². The fraction of sp³-hybridized carbons (Fsp3) is 0.385. The minimum atomic E-state index is -1.08. The van der Waals surface area contributed by atoms with Gasteiger partial charge in [-0.2, -0.15) is 0 Å². The summed E-state index contributed by atoms with van der Waals surface area (Å²) in [6.07, 6.45) is 1.65. The van der Waals surface area contributed by atoms with Gasteiger partial charge in [0, 0.05) is 38.4 Å². The molecule has 0 spiro atoms. The van der Waals surface area contributed by atoms with Crippen molar-refractivity contribution in [2.24, 2.45) is 0 Å². The Labute approximate surface area is 115 Å². The quantitative estimate of drug-likeness (QED) is 0.739. The van der Waals surface area contributed by atoms with Gasteiger partial charge < -0.3 is 19.9 Å². The molecule has 0 amide bonds. The van der Waals surface area contributed by atoms with Crippen molar-refractivity contribution in [3.8, 4) is 5.75 Å². The zero-order chi connectivity index (χ0) is 14.1. The number of pyridine rings is 1. The van der Waals surface area contributed by atoms with E-state index in [-0.39, 0.29) is 11.4 Å². The van der Waals surface area contributed by atoms with Gasteiger partial charge in [-0.3, -0.25) is 4.90 Å². The first-order chi connectivity index (χ1) is 9.65. The highest BCUT2D eigenvalue weighted by Gasteiger charge is 2.19. The number of carboxylic acid groups (broad SMARTS) is 1. The van der Waals surface area contributed by atoms with Crippen molar-refractivity contribution in [3.05, 3.63) is 29.8 Å². The number of hydrogen-bond donors (Lipinski definition) is 3. The number of nitrogens with one attached hydrogen (secondary N) is 1. The van der Waals surface area contributed by atoms with Crippen LogP contribution in [-0.4, -0.2) is 56.6 Å². The molecular weight excluding hydrogens is 260 g/mol. The number of aromatic hydroxyl groups is 1. The molecule has 2 aromatic rings. The molecular formula is C13H16N4O3. The van der Waals surface area contributed by atoms with Crippen LogP contribution in [-0.2, 0) is 6.54 Å². The van der Waals surface area contributed by atoms with Gasteiger partial charge in [-0.15, -0.1) is 0 Å². The van der Waals surface area contributed by atoms with Crippen LogP contribution in [0.15, 0.2) is 18.3 Å². The third kappa shape index (κ3) is 2.33. The normalized spacial score (nSPS) is 16.6. The van der Waals surface area contributed by atoms with E-state index in [4.69, 9.17) is 0 Å². The highest BCUT2D eigenvalue weighted by molar-refractivity contribution is 5.94. The molecule has 0 unspecified atom stereocenters. The van der Waals surface area contributed by atoms with Gasteiger partial charge in [-0.05, 0) is 6.07 Å². The molecule has 0 aliphatic carbocycles. The molecule has 3 rings (SSSR count). The van der Waals surface area contributed by atoms with Gasteiger partial charge in [0.25, 0.3) is 0 Å². The summed E-state index contributed by atoms with van der Waals surface area (Å²) in [5.41, 5.74) is 0.397.